The van der Waals surface area contributed by atoms with E-state index in [0.29, 0.717) is 6.54 Å². The van der Waals surface area contributed by atoms with E-state index in [-0.39, 0.29) is 43.7 Å². The first-order chi connectivity index (χ1) is 15.9. The van der Waals surface area contributed by atoms with Crippen LogP contribution in [0.5, 0.6) is 0 Å². The van der Waals surface area contributed by atoms with E-state index in [9.17, 15) is 14.4 Å². The first kappa shape index (κ1) is 24.0. The van der Waals surface area contributed by atoms with Crippen molar-refractivity contribution in [1.29, 1.82) is 0 Å². The molecule has 0 radical (unpaired) electrons. The van der Waals surface area contributed by atoms with Crippen LogP contribution in [0.25, 0.3) is 0 Å². The molecule has 1 aromatic heterocycles. The largest absolute Gasteiger partial charge is 0.383 e. The fraction of sp³-hybridized carbons (Fsp3) is 0.292. The molecule has 1 heterocycles. The summed E-state index contributed by atoms with van der Waals surface area (Å²) in [5, 5.41) is 0. The van der Waals surface area contributed by atoms with Crippen LogP contribution in [0.2, 0.25) is 0 Å². The van der Waals surface area contributed by atoms with Crippen LogP contribution in [0, 0.1) is 0 Å². The minimum absolute atomic E-state index is 0.0509. The quantitative estimate of drug-likeness (QED) is 0.480. The lowest BCUT2D eigenvalue weighted by Gasteiger charge is -2.26. The van der Waals surface area contributed by atoms with Crippen molar-refractivity contribution in [1.82, 2.24) is 14.5 Å². The minimum Gasteiger partial charge on any atom is -0.383 e. The summed E-state index contributed by atoms with van der Waals surface area (Å²) in [7, 11) is 3.33. The number of nitrogens with one attached hydrogen (secondary N) is 1. The van der Waals surface area contributed by atoms with Gasteiger partial charge in [-0.25, -0.2) is 4.79 Å². The van der Waals surface area contributed by atoms with Crippen LogP contribution in [0.3, 0.4) is 0 Å². The Morgan fingerprint density at radius 2 is 1.64 bits per heavy atom. The van der Waals surface area contributed by atoms with Crippen LogP contribution in [-0.2, 0) is 22.6 Å². The Morgan fingerprint density at radius 3 is 2.24 bits per heavy atom. The summed E-state index contributed by atoms with van der Waals surface area (Å²) in [6.07, 6.45) is 0. The van der Waals surface area contributed by atoms with Crippen LogP contribution in [0.1, 0.15) is 11.1 Å². The highest BCUT2D eigenvalue weighted by molar-refractivity contribution is 5.96. The minimum atomic E-state index is -0.711. The normalized spacial score (nSPS) is 11.0. The maximum absolute atomic E-state index is 13.2. The Labute approximate surface area is 192 Å². The van der Waals surface area contributed by atoms with E-state index >= 15 is 0 Å². The predicted octanol–water partition coefficient (Wildman–Crippen LogP) is 1.28. The van der Waals surface area contributed by atoms with Crippen molar-refractivity contribution in [3.63, 3.8) is 0 Å². The van der Waals surface area contributed by atoms with E-state index < -0.39 is 11.2 Å². The van der Waals surface area contributed by atoms with Gasteiger partial charge in [-0.2, -0.15) is 0 Å². The van der Waals surface area contributed by atoms with E-state index in [4.69, 9.17) is 10.5 Å². The van der Waals surface area contributed by atoms with Gasteiger partial charge in [-0.15, -0.1) is 0 Å². The number of hydrogen-bond acceptors (Lipinski definition) is 6. The van der Waals surface area contributed by atoms with Crippen molar-refractivity contribution in [2.75, 3.05) is 44.5 Å². The van der Waals surface area contributed by atoms with Gasteiger partial charge in [0, 0.05) is 20.2 Å². The van der Waals surface area contributed by atoms with Gasteiger partial charge in [0.1, 0.15) is 5.82 Å². The van der Waals surface area contributed by atoms with Crippen LogP contribution < -0.4 is 21.9 Å². The van der Waals surface area contributed by atoms with Crippen LogP contribution in [0.15, 0.2) is 70.3 Å². The summed E-state index contributed by atoms with van der Waals surface area (Å²) in [5.41, 5.74) is 6.79. The molecule has 0 saturated heterocycles. The summed E-state index contributed by atoms with van der Waals surface area (Å²) in [4.78, 5) is 43.9. The summed E-state index contributed by atoms with van der Waals surface area (Å²) >= 11 is 0. The second kappa shape index (κ2) is 11.3. The molecule has 33 heavy (non-hydrogen) atoms. The van der Waals surface area contributed by atoms with Gasteiger partial charge in [0.15, 0.2) is 5.69 Å². The molecule has 3 aromatic rings. The molecular weight excluding hydrogens is 422 g/mol. The molecule has 0 aliphatic carbocycles. The predicted molar refractivity (Wildman–Crippen MR) is 128 cm³/mol. The number of nitrogen functional groups attached to an aromatic ring is 1. The highest BCUT2D eigenvalue weighted by Gasteiger charge is 2.25. The number of anilines is 2. The Balaban J connectivity index is 1.90. The summed E-state index contributed by atoms with van der Waals surface area (Å²) in [5.74, 6) is -0.393. The number of ether oxygens (including phenoxy) is 1. The maximum atomic E-state index is 13.2. The SMILES string of the molecule is COCCN(C(=O)CN(C)Cc1ccccc1)c1c(N)n(Cc2ccccc2)c(=O)[nH]c1=O. The number of nitrogens with two attached hydrogens (primary N) is 1. The third-order valence-electron chi connectivity index (χ3n) is 5.19. The van der Waals surface area contributed by atoms with Crippen LogP contribution in [0.4, 0.5) is 11.5 Å². The molecule has 0 atom stereocenters. The van der Waals surface area contributed by atoms with Gasteiger partial charge < -0.3 is 15.4 Å². The number of nitrogens with zero attached hydrogens (tertiary/aromatic N) is 3. The Kier molecular flexibility index (Phi) is 8.17. The third-order valence-corrected chi connectivity index (χ3v) is 5.19. The van der Waals surface area contributed by atoms with Crippen LogP contribution >= 0.6 is 0 Å². The molecule has 0 bridgehead atoms. The fourth-order valence-electron chi connectivity index (χ4n) is 3.57. The number of H-pyrrole nitrogens is 1. The second-order valence-electron chi connectivity index (χ2n) is 7.76. The zero-order valence-corrected chi connectivity index (χ0v) is 18.9. The molecule has 9 heteroatoms. The number of hydrogen-bond donors (Lipinski definition) is 2. The molecule has 0 saturated carbocycles. The lowest BCUT2D eigenvalue weighted by Crippen LogP contribution is -2.45. The van der Waals surface area contributed by atoms with E-state index in [1.807, 2.05) is 72.6 Å². The number of aromatic nitrogens is 2. The average Bonchev–Trinajstić information content (AvgIpc) is 2.80. The number of rotatable bonds is 10. The van der Waals surface area contributed by atoms with Gasteiger partial charge in [0.2, 0.25) is 5.91 Å². The molecule has 0 unspecified atom stereocenters. The first-order valence-corrected chi connectivity index (χ1v) is 10.6. The maximum Gasteiger partial charge on any atom is 0.330 e. The molecule has 3 N–H and O–H groups in total. The number of likely N-dealkylation sites (N-methyl/N-ethyl adjacent to an activating group) is 1. The average molecular weight is 452 g/mol. The summed E-state index contributed by atoms with van der Waals surface area (Å²) in [6, 6.07) is 19.0. The highest BCUT2D eigenvalue weighted by Crippen LogP contribution is 2.18. The Morgan fingerprint density at radius 1 is 1.03 bits per heavy atom. The van der Waals surface area contributed by atoms with Gasteiger partial charge in [-0.3, -0.25) is 24.0 Å². The van der Waals surface area contributed by atoms with Crippen molar-refractivity contribution < 1.29 is 9.53 Å². The number of benzene rings is 2. The number of methoxy groups -OCH3 is 1. The van der Waals surface area contributed by atoms with Gasteiger partial charge >= 0.3 is 5.69 Å². The lowest BCUT2D eigenvalue weighted by atomic mass is 10.2. The highest BCUT2D eigenvalue weighted by atomic mass is 16.5. The van der Waals surface area contributed by atoms with Crippen molar-refractivity contribution in [2.24, 2.45) is 0 Å². The molecule has 1 amide bonds. The second-order valence-corrected chi connectivity index (χ2v) is 7.76. The van der Waals surface area contributed by atoms with Crippen LogP contribution in [-0.4, -0.2) is 54.2 Å². The monoisotopic (exact) mass is 451 g/mol. The molecule has 3 rings (SSSR count). The lowest BCUT2D eigenvalue weighted by molar-refractivity contribution is -0.119. The van der Waals surface area contributed by atoms with E-state index in [1.165, 1.54) is 16.6 Å². The van der Waals surface area contributed by atoms with Crippen molar-refractivity contribution in [3.05, 3.63) is 92.6 Å². The van der Waals surface area contributed by atoms with E-state index in [2.05, 4.69) is 4.98 Å². The molecule has 0 spiro atoms. The molecule has 0 fully saturated rings. The number of amides is 1. The molecule has 9 nitrogen and oxygen atoms in total. The van der Waals surface area contributed by atoms with Crippen molar-refractivity contribution >= 4 is 17.4 Å². The standard InChI is InChI=1S/C24H29N5O4/c1-27(15-18-9-5-3-6-10-18)17-20(30)28(13-14-33-2)21-22(25)29(24(32)26-23(21)31)16-19-11-7-4-8-12-19/h3-12H,13-17,25H2,1-2H3,(H,26,31,32). The van der Waals surface area contributed by atoms with Gasteiger partial charge in [-0.1, -0.05) is 60.7 Å². The molecule has 174 valence electrons. The summed E-state index contributed by atoms with van der Waals surface area (Å²) < 4.78 is 6.40. The zero-order valence-electron chi connectivity index (χ0n) is 18.9. The smallest absolute Gasteiger partial charge is 0.330 e. The zero-order chi connectivity index (χ0) is 23.8. The first-order valence-electron chi connectivity index (χ1n) is 10.6. The molecule has 0 aliphatic heterocycles. The van der Waals surface area contributed by atoms with E-state index in [0.717, 1.165) is 11.1 Å². The number of carbonyl (C=O) groups excluding carboxylic acids is 1. The molecule has 2 aromatic carbocycles. The van der Waals surface area contributed by atoms with Gasteiger partial charge in [-0.05, 0) is 18.2 Å². The topological polar surface area (TPSA) is 114 Å². The molecular formula is C24H29N5O4. The fourth-order valence-corrected chi connectivity index (χ4v) is 3.57. The number of carbonyl (C=O) groups is 1. The summed E-state index contributed by atoms with van der Waals surface area (Å²) in [6.45, 7) is 1.09. The third kappa shape index (κ3) is 6.18. The van der Waals surface area contributed by atoms with Crippen molar-refractivity contribution in [2.45, 2.75) is 13.1 Å². The van der Waals surface area contributed by atoms with Crippen molar-refractivity contribution in [3.8, 4) is 0 Å². The molecule has 0 aliphatic rings. The number of aromatic amines is 1. The van der Waals surface area contributed by atoms with Gasteiger partial charge in [0.25, 0.3) is 5.56 Å². The Bertz CT molecular complexity index is 1170. The van der Waals surface area contributed by atoms with E-state index in [1.54, 1.807) is 0 Å². The van der Waals surface area contributed by atoms with Gasteiger partial charge in [0.05, 0.1) is 19.7 Å². The Hall–Kier alpha value is -3.69.